The third-order valence-electron chi connectivity index (χ3n) is 3.24. The van der Waals surface area contributed by atoms with Crippen LogP contribution in [0.4, 0.5) is 0 Å². The minimum atomic E-state index is -0.214. The SMILES string of the molecule is CCNC(=O)c1ccc(OC2CNCCC2C)nn1. The summed E-state index contributed by atoms with van der Waals surface area (Å²) >= 11 is 0. The molecule has 1 saturated heterocycles. The molecule has 2 rings (SSSR count). The zero-order chi connectivity index (χ0) is 13.7. The molecule has 1 aromatic heterocycles. The number of nitrogens with one attached hydrogen (secondary N) is 2. The minimum Gasteiger partial charge on any atom is -0.472 e. The predicted octanol–water partition coefficient (Wildman–Crippen LogP) is 0.603. The molecule has 0 bridgehead atoms. The van der Waals surface area contributed by atoms with Gasteiger partial charge in [-0.15, -0.1) is 10.2 Å². The molecule has 1 aliphatic heterocycles. The molecule has 0 spiro atoms. The Morgan fingerprint density at radius 3 is 3.00 bits per heavy atom. The van der Waals surface area contributed by atoms with E-state index in [2.05, 4.69) is 27.8 Å². The topological polar surface area (TPSA) is 76.1 Å². The highest BCUT2D eigenvalue weighted by atomic mass is 16.5. The standard InChI is InChI=1S/C13H20N4O2/c1-3-15-13(18)10-4-5-12(17-16-10)19-11-8-14-7-6-9(11)2/h4-5,9,11,14H,3,6-8H2,1-2H3,(H,15,18). The van der Waals surface area contributed by atoms with E-state index in [4.69, 9.17) is 4.74 Å². The maximum absolute atomic E-state index is 11.5. The Morgan fingerprint density at radius 2 is 2.37 bits per heavy atom. The van der Waals surface area contributed by atoms with E-state index in [1.165, 1.54) is 0 Å². The molecule has 6 heteroatoms. The summed E-state index contributed by atoms with van der Waals surface area (Å²) in [7, 11) is 0. The Balaban J connectivity index is 1.96. The van der Waals surface area contributed by atoms with E-state index in [9.17, 15) is 4.79 Å². The van der Waals surface area contributed by atoms with Crippen molar-refractivity contribution in [2.75, 3.05) is 19.6 Å². The van der Waals surface area contributed by atoms with Crippen molar-refractivity contribution in [1.82, 2.24) is 20.8 Å². The zero-order valence-corrected chi connectivity index (χ0v) is 11.3. The van der Waals surface area contributed by atoms with Crippen LogP contribution in [0.3, 0.4) is 0 Å². The van der Waals surface area contributed by atoms with Crippen molar-refractivity contribution in [3.8, 4) is 5.88 Å². The van der Waals surface area contributed by atoms with Crippen molar-refractivity contribution in [1.29, 1.82) is 0 Å². The van der Waals surface area contributed by atoms with Gasteiger partial charge in [-0.2, -0.15) is 0 Å². The summed E-state index contributed by atoms with van der Waals surface area (Å²) in [4.78, 5) is 11.5. The van der Waals surface area contributed by atoms with E-state index < -0.39 is 0 Å². The number of rotatable bonds is 4. The number of nitrogens with zero attached hydrogens (tertiary/aromatic N) is 2. The van der Waals surface area contributed by atoms with Gasteiger partial charge >= 0.3 is 0 Å². The van der Waals surface area contributed by atoms with Crippen LogP contribution in [-0.4, -0.2) is 41.8 Å². The molecule has 2 atom stereocenters. The summed E-state index contributed by atoms with van der Waals surface area (Å²) in [6.07, 6.45) is 1.20. The van der Waals surface area contributed by atoms with Crippen LogP contribution in [0.5, 0.6) is 5.88 Å². The number of piperidine rings is 1. The minimum absolute atomic E-state index is 0.110. The number of carbonyl (C=O) groups is 1. The molecule has 1 amide bonds. The average molecular weight is 264 g/mol. The van der Waals surface area contributed by atoms with Gasteiger partial charge in [0.05, 0.1) is 0 Å². The quantitative estimate of drug-likeness (QED) is 0.833. The second kappa shape index (κ2) is 6.47. The van der Waals surface area contributed by atoms with E-state index in [1.54, 1.807) is 12.1 Å². The van der Waals surface area contributed by atoms with E-state index in [0.717, 1.165) is 19.5 Å². The van der Waals surface area contributed by atoms with Crippen LogP contribution in [0.2, 0.25) is 0 Å². The highest BCUT2D eigenvalue weighted by Crippen LogP contribution is 2.17. The van der Waals surface area contributed by atoms with Gasteiger partial charge in [0.15, 0.2) is 5.69 Å². The first kappa shape index (κ1) is 13.7. The molecule has 2 unspecified atom stereocenters. The number of ether oxygens (including phenoxy) is 1. The number of carbonyl (C=O) groups excluding carboxylic acids is 1. The highest BCUT2D eigenvalue weighted by Gasteiger charge is 2.23. The lowest BCUT2D eigenvalue weighted by Crippen LogP contribution is -2.43. The molecule has 1 aliphatic rings. The van der Waals surface area contributed by atoms with Crippen molar-refractivity contribution in [2.24, 2.45) is 5.92 Å². The first-order valence-electron chi connectivity index (χ1n) is 6.70. The summed E-state index contributed by atoms with van der Waals surface area (Å²) in [5, 5.41) is 13.8. The molecule has 2 heterocycles. The van der Waals surface area contributed by atoms with Crippen LogP contribution in [-0.2, 0) is 0 Å². The number of aromatic nitrogens is 2. The molecule has 0 radical (unpaired) electrons. The van der Waals surface area contributed by atoms with E-state index in [0.29, 0.717) is 24.0 Å². The van der Waals surface area contributed by atoms with Gasteiger partial charge in [0.25, 0.3) is 5.91 Å². The van der Waals surface area contributed by atoms with Crippen LogP contribution < -0.4 is 15.4 Å². The van der Waals surface area contributed by atoms with Gasteiger partial charge < -0.3 is 15.4 Å². The number of hydrogen-bond donors (Lipinski definition) is 2. The summed E-state index contributed by atoms with van der Waals surface area (Å²) < 4.78 is 5.79. The van der Waals surface area contributed by atoms with Crippen LogP contribution in [0.15, 0.2) is 12.1 Å². The number of amides is 1. The second-order valence-corrected chi connectivity index (χ2v) is 4.74. The van der Waals surface area contributed by atoms with Crippen molar-refractivity contribution < 1.29 is 9.53 Å². The molecule has 19 heavy (non-hydrogen) atoms. The predicted molar refractivity (Wildman–Crippen MR) is 71.1 cm³/mol. The molecule has 0 saturated carbocycles. The maximum Gasteiger partial charge on any atom is 0.271 e. The van der Waals surface area contributed by atoms with Gasteiger partial charge in [0, 0.05) is 19.2 Å². The summed E-state index contributed by atoms with van der Waals surface area (Å²) in [6.45, 7) is 6.45. The van der Waals surface area contributed by atoms with Gasteiger partial charge in [0.1, 0.15) is 6.10 Å². The van der Waals surface area contributed by atoms with Crippen LogP contribution >= 0.6 is 0 Å². The maximum atomic E-state index is 11.5. The van der Waals surface area contributed by atoms with Crippen molar-refractivity contribution in [2.45, 2.75) is 26.4 Å². The van der Waals surface area contributed by atoms with Crippen LogP contribution in [0.25, 0.3) is 0 Å². The van der Waals surface area contributed by atoms with Crippen molar-refractivity contribution in [3.63, 3.8) is 0 Å². The first-order valence-corrected chi connectivity index (χ1v) is 6.70. The Labute approximate surface area is 112 Å². The Bertz CT molecular complexity index is 421. The van der Waals surface area contributed by atoms with E-state index in [1.807, 2.05) is 6.92 Å². The van der Waals surface area contributed by atoms with Gasteiger partial charge in [0.2, 0.25) is 5.88 Å². The second-order valence-electron chi connectivity index (χ2n) is 4.74. The fourth-order valence-corrected chi connectivity index (χ4v) is 2.03. The molecule has 6 nitrogen and oxygen atoms in total. The van der Waals surface area contributed by atoms with Crippen molar-refractivity contribution >= 4 is 5.91 Å². The van der Waals surface area contributed by atoms with Crippen LogP contribution in [0, 0.1) is 5.92 Å². The molecule has 0 aromatic carbocycles. The number of hydrogen-bond acceptors (Lipinski definition) is 5. The summed E-state index contributed by atoms with van der Waals surface area (Å²) in [5.41, 5.74) is 0.309. The lowest BCUT2D eigenvalue weighted by molar-refractivity contribution is 0.0946. The highest BCUT2D eigenvalue weighted by molar-refractivity contribution is 5.91. The monoisotopic (exact) mass is 264 g/mol. The Kier molecular flexibility index (Phi) is 4.68. The van der Waals surface area contributed by atoms with Gasteiger partial charge in [-0.25, -0.2) is 0 Å². The smallest absolute Gasteiger partial charge is 0.271 e. The molecule has 0 aliphatic carbocycles. The third kappa shape index (κ3) is 3.64. The van der Waals surface area contributed by atoms with Crippen LogP contribution in [0.1, 0.15) is 30.8 Å². The lowest BCUT2D eigenvalue weighted by atomic mass is 9.97. The summed E-state index contributed by atoms with van der Waals surface area (Å²) in [5.74, 6) is 0.744. The molecule has 104 valence electrons. The zero-order valence-electron chi connectivity index (χ0n) is 11.3. The fourth-order valence-electron chi connectivity index (χ4n) is 2.03. The van der Waals surface area contributed by atoms with Gasteiger partial charge in [-0.1, -0.05) is 6.92 Å². The van der Waals surface area contributed by atoms with E-state index in [-0.39, 0.29) is 12.0 Å². The Hall–Kier alpha value is -1.69. The first-order chi connectivity index (χ1) is 9.20. The molecule has 1 aromatic rings. The Morgan fingerprint density at radius 1 is 1.53 bits per heavy atom. The molecular weight excluding hydrogens is 244 g/mol. The average Bonchev–Trinajstić information content (AvgIpc) is 2.42. The molecular formula is C13H20N4O2. The summed E-state index contributed by atoms with van der Waals surface area (Å²) in [6, 6.07) is 3.33. The van der Waals surface area contributed by atoms with Gasteiger partial charge in [-0.3, -0.25) is 4.79 Å². The molecule has 1 fully saturated rings. The van der Waals surface area contributed by atoms with Gasteiger partial charge in [-0.05, 0) is 31.9 Å². The largest absolute Gasteiger partial charge is 0.472 e. The third-order valence-corrected chi connectivity index (χ3v) is 3.24. The van der Waals surface area contributed by atoms with Crippen molar-refractivity contribution in [3.05, 3.63) is 17.8 Å². The van der Waals surface area contributed by atoms with E-state index >= 15 is 0 Å². The normalized spacial score (nSPS) is 22.8. The fraction of sp³-hybridized carbons (Fsp3) is 0.615. The molecule has 2 N–H and O–H groups in total. The lowest BCUT2D eigenvalue weighted by Gasteiger charge is -2.29.